The molecule has 0 saturated carbocycles. The second kappa shape index (κ2) is 4.14. The van der Waals surface area contributed by atoms with Crippen LogP contribution in [0.3, 0.4) is 0 Å². The van der Waals surface area contributed by atoms with E-state index in [0.717, 1.165) is 6.20 Å². The van der Waals surface area contributed by atoms with Gasteiger partial charge in [-0.25, -0.2) is 13.8 Å². The average Bonchev–Trinajstić information content (AvgIpc) is 2.16. The minimum atomic E-state index is -3.12. The molecule has 0 aliphatic rings. The molecule has 0 N–H and O–H groups in total. The summed E-state index contributed by atoms with van der Waals surface area (Å²) in [5, 5.41) is 18.3. The number of hydrogen-bond acceptors (Lipinski definition) is 4. The van der Waals surface area contributed by atoms with Crippen LogP contribution in [0.15, 0.2) is 6.20 Å². The fraction of sp³-hybridized carbons (Fsp3) is 0.143. The molecule has 5 nitrogen and oxygen atoms in total. The third kappa shape index (κ3) is 1.99. The van der Waals surface area contributed by atoms with Crippen LogP contribution in [0.25, 0.3) is 0 Å². The SMILES string of the molecule is N#Cc1cnc(C(F)F)c([N+](=O)[O-])c1Cl. The number of nitro groups is 1. The summed E-state index contributed by atoms with van der Waals surface area (Å²) in [7, 11) is 0. The maximum absolute atomic E-state index is 12.3. The molecule has 78 valence electrons. The van der Waals surface area contributed by atoms with E-state index in [-0.39, 0.29) is 5.56 Å². The van der Waals surface area contributed by atoms with E-state index in [1.54, 1.807) is 0 Å². The Kier molecular flexibility index (Phi) is 3.11. The standard InChI is InChI=1S/C7H2ClF2N3O2/c8-4-3(1-11)2-12-5(7(9)10)6(4)13(14)15/h2,7H. The summed E-state index contributed by atoms with van der Waals surface area (Å²) in [6.45, 7) is 0. The summed E-state index contributed by atoms with van der Waals surface area (Å²) in [4.78, 5) is 12.5. The molecule has 0 aliphatic heterocycles. The Morgan fingerprint density at radius 2 is 2.27 bits per heavy atom. The highest BCUT2D eigenvalue weighted by Crippen LogP contribution is 2.34. The summed E-state index contributed by atoms with van der Waals surface area (Å²) in [5.41, 5.74) is -2.37. The first-order chi connectivity index (χ1) is 6.99. The van der Waals surface area contributed by atoms with Gasteiger partial charge in [0, 0.05) is 6.20 Å². The van der Waals surface area contributed by atoms with Gasteiger partial charge >= 0.3 is 5.69 Å². The molecule has 0 fully saturated rings. The lowest BCUT2D eigenvalue weighted by atomic mass is 10.2. The van der Waals surface area contributed by atoms with Gasteiger partial charge in [-0.3, -0.25) is 10.1 Å². The minimum absolute atomic E-state index is 0.312. The summed E-state index contributed by atoms with van der Waals surface area (Å²) >= 11 is 5.42. The molecule has 1 aromatic rings. The number of nitrogens with zero attached hydrogens (tertiary/aromatic N) is 3. The fourth-order valence-corrected chi connectivity index (χ4v) is 1.16. The smallest absolute Gasteiger partial charge is 0.258 e. The third-order valence-electron chi connectivity index (χ3n) is 1.53. The van der Waals surface area contributed by atoms with Crippen molar-refractivity contribution >= 4 is 17.3 Å². The molecule has 1 rings (SSSR count). The zero-order chi connectivity index (χ0) is 11.6. The first-order valence-electron chi connectivity index (χ1n) is 3.50. The van der Waals surface area contributed by atoms with Gasteiger partial charge in [0.1, 0.15) is 11.1 Å². The summed E-state index contributed by atoms with van der Waals surface area (Å²) in [6.07, 6.45) is -2.34. The summed E-state index contributed by atoms with van der Waals surface area (Å²) < 4.78 is 24.6. The van der Waals surface area contributed by atoms with Crippen molar-refractivity contribution in [2.75, 3.05) is 0 Å². The minimum Gasteiger partial charge on any atom is -0.258 e. The van der Waals surface area contributed by atoms with Crippen molar-refractivity contribution < 1.29 is 13.7 Å². The number of nitriles is 1. The molecule has 0 saturated heterocycles. The molecule has 1 heterocycles. The highest BCUT2D eigenvalue weighted by atomic mass is 35.5. The van der Waals surface area contributed by atoms with Crippen LogP contribution in [0.2, 0.25) is 5.02 Å². The molecular formula is C7H2ClF2N3O2. The topological polar surface area (TPSA) is 79.8 Å². The van der Waals surface area contributed by atoms with Crippen molar-refractivity contribution in [1.29, 1.82) is 5.26 Å². The molecule has 0 aromatic carbocycles. The molecule has 0 atom stereocenters. The van der Waals surface area contributed by atoms with Crippen LogP contribution in [0.4, 0.5) is 14.5 Å². The van der Waals surface area contributed by atoms with Crippen LogP contribution in [0.1, 0.15) is 17.7 Å². The van der Waals surface area contributed by atoms with E-state index in [9.17, 15) is 18.9 Å². The Morgan fingerprint density at radius 3 is 2.67 bits per heavy atom. The zero-order valence-electron chi connectivity index (χ0n) is 6.95. The van der Waals surface area contributed by atoms with Crippen LogP contribution in [-0.2, 0) is 0 Å². The van der Waals surface area contributed by atoms with Gasteiger partial charge in [0.25, 0.3) is 6.43 Å². The Hall–Kier alpha value is -1.81. The molecule has 15 heavy (non-hydrogen) atoms. The third-order valence-corrected chi connectivity index (χ3v) is 1.91. The first-order valence-corrected chi connectivity index (χ1v) is 3.87. The lowest BCUT2D eigenvalue weighted by molar-refractivity contribution is -0.386. The van der Waals surface area contributed by atoms with Crippen molar-refractivity contribution in [3.63, 3.8) is 0 Å². The van der Waals surface area contributed by atoms with Crippen LogP contribution >= 0.6 is 11.6 Å². The molecule has 0 amide bonds. The second-order valence-electron chi connectivity index (χ2n) is 2.39. The van der Waals surface area contributed by atoms with Crippen molar-refractivity contribution in [2.24, 2.45) is 0 Å². The number of halogens is 3. The van der Waals surface area contributed by atoms with E-state index in [4.69, 9.17) is 16.9 Å². The van der Waals surface area contributed by atoms with E-state index < -0.39 is 27.8 Å². The van der Waals surface area contributed by atoms with Crippen molar-refractivity contribution in [2.45, 2.75) is 6.43 Å². The molecule has 0 unspecified atom stereocenters. The fourth-order valence-electron chi connectivity index (χ4n) is 0.903. The molecule has 8 heteroatoms. The largest absolute Gasteiger partial charge is 0.316 e. The van der Waals surface area contributed by atoms with Gasteiger partial charge in [-0.2, -0.15) is 5.26 Å². The van der Waals surface area contributed by atoms with Crippen LogP contribution in [0, 0.1) is 21.4 Å². The lowest BCUT2D eigenvalue weighted by Crippen LogP contribution is -2.01. The Labute approximate surface area is 87.1 Å². The van der Waals surface area contributed by atoms with Crippen molar-refractivity contribution in [1.82, 2.24) is 4.98 Å². The number of alkyl halides is 2. The molecule has 0 bridgehead atoms. The highest BCUT2D eigenvalue weighted by Gasteiger charge is 2.28. The highest BCUT2D eigenvalue weighted by molar-refractivity contribution is 6.33. The number of pyridine rings is 1. The van der Waals surface area contributed by atoms with E-state index in [1.165, 1.54) is 6.07 Å². The van der Waals surface area contributed by atoms with Gasteiger partial charge in [-0.15, -0.1) is 0 Å². The van der Waals surface area contributed by atoms with Gasteiger partial charge in [0.2, 0.25) is 0 Å². The average molecular weight is 234 g/mol. The van der Waals surface area contributed by atoms with Crippen LogP contribution in [-0.4, -0.2) is 9.91 Å². The lowest BCUT2D eigenvalue weighted by Gasteiger charge is -2.02. The number of rotatable bonds is 2. The predicted octanol–water partition coefficient (Wildman–Crippen LogP) is 2.45. The number of aromatic nitrogens is 1. The van der Waals surface area contributed by atoms with E-state index >= 15 is 0 Å². The Bertz CT molecular complexity index is 458. The van der Waals surface area contributed by atoms with Crippen LogP contribution in [0.5, 0.6) is 0 Å². The summed E-state index contributed by atoms with van der Waals surface area (Å²) in [6, 6.07) is 1.51. The van der Waals surface area contributed by atoms with Gasteiger partial charge in [0.05, 0.1) is 10.5 Å². The van der Waals surface area contributed by atoms with Crippen molar-refractivity contribution in [3.05, 3.63) is 32.6 Å². The molecule has 0 aliphatic carbocycles. The molecule has 0 spiro atoms. The van der Waals surface area contributed by atoms with Gasteiger partial charge in [-0.05, 0) is 0 Å². The van der Waals surface area contributed by atoms with E-state index in [2.05, 4.69) is 4.98 Å². The quantitative estimate of drug-likeness (QED) is 0.580. The Morgan fingerprint density at radius 1 is 1.67 bits per heavy atom. The predicted molar refractivity (Wildman–Crippen MR) is 45.6 cm³/mol. The molecule has 1 aromatic heterocycles. The Balaban J connectivity index is 3.53. The zero-order valence-corrected chi connectivity index (χ0v) is 7.70. The molecular weight excluding hydrogens is 232 g/mol. The normalized spacial score (nSPS) is 10.1. The molecule has 0 radical (unpaired) electrons. The van der Waals surface area contributed by atoms with Gasteiger partial charge in [-0.1, -0.05) is 11.6 Å². The van der Waals surface area contributed by atoms with E-state index in [1.807, 2.05) is 0 Å². The van der Waals surface area contributed by atoms with Crippen LogP contribution < -0.4 is 0 Å². The maximum Gasteiger partial charge on any atom is 0.316 e. The number of hydrogen-bond donors (Lipinski definition) is 0. The maximum atomic E-state index is 12.3. The van der Waals surface area contributed by atoms with Crippen molar-refractivity contribution in [3.8, 4) is 6.07 Å². The van der Waals surface area contributed by atoms with E-state index in [0.29, 0.717) is 0 Å². The van der Waals surface area contributed by atoms with Gasteiger partial charge < -0.3 is 0 Å². The monoisotopic (exact) mass is 233 g/mol. The summed E-state index contributed by atoms with van der Waals surface area (Å²) in [5.74, 6) is 0. The first kappa shape index (κ1) is 11.3. The van der Waals surface area contributed by atoms with Gasteiger partial charge in [0.15, 0.2) is 5.69 Å². The second-order valence-corrected chi connectivity index (χ2v) is 2.77.